The molecule has 0 bridgehead atoms. The van der Waals surface area contributed by atoms with Crippen molar-refractivity contribution in [2.45, 2.75) is 81.3 Å². The summed E-state index contributed by atoms with van der Waals surface area (Å²) in [5.41, 5.74) is 6.48. The highest BCUT2D eigenvalue weighted by Gasteiger charge is 2.42. The van der Waals surface area contributed by atoms with E-state index in [2.05, 4.69) is 63.2 Å². The Bertz CT molecular complexity index is 738. The number of ketones is 1. The number of aryl methyl sites for hydroxylation is 3. The van der Waals surface area contributed by atoms with Gasteiger partial charge in [-0.05, 0) is 31.9 Å². The second-order valence-electron chi connectivity index (χ2n) is 10.1. The summed E-state index contributed by atoms with van der Waals surface area (Å²) in [6.45, 7) is 22.2. The fraction of sp³-hybridized carbons (Fsp3) is 0.667. The molecule has 3 nitrogen and oxygen atoms in total. The summed E-state index contributed by atoms with van der Waals surface area (Å²) in [6, 6.07) is 4.59. The van der Waals surface area contributed by atoms with E-state index in [1.807, 2.05) is 20.8 Å². The summed E-state index contributed by atoms with van der Waals surface area (Å²) in [4.78, 5) is 15.5. The van der Waals surface area contributed by atoms with E-state index < -0.39 is 6.15 Å². The van der Waals surface area contributed by atoms with E-state index in [9.17, 15) is 4.79 Å². The lowest BCUT2D eigenvalue weighted by atomic mass is 9.19. The Kier molecular flexibility index (Phi) is 6.84. The van der Waals surface area contributed by atoms with Crippen LogP contribution in [0, 0.1) is 26.2 Å². The molecule has 0 saturated heterocycles. The molecule has 0 fully saturated rings. The lowest BCUT2D eigenvalue weighted by Crippen LogP contribution is -2.54. The third kappa shape index (κ3) is 4.21. The van der Waals surface area contributed by atoms with Crippen molar-refractivity contribution in [2.75, 3.05) is 24.5 Å². The molecular weight excluding hydrogens is 343 g/mol. The van der Waals surface area contributed by atoms with Gasteiger partial charge in [-0.25, -0.2) is 0 Å². The van der Waals surface area contributed by atoms with Gasteiger partial charge in [-0.15, -0.1) is 0 Å². The summed E-state index contributed by atoms with van der Waals surface area (Å²) in [6.07, 6.45) is 2.78. The molecular formula is C24H41BN2O. The molecule has 4 heteroatoms. The van der Waals surface area contributed by atoms with Crippen molar-refractivity contribution in [1.82, 2.24) is 0 Å². The van der Waals surface area contributed by atoms with Crippen LogP contribution in [0.2, 0.25) is 19.0 Å². The van der Waals surface area contributed by atoms with E-state index in [-0.39, 0.29) is 5.41 Å². The van der Waals surface area contributed by atoms with Crippen LogP contribution < -0.4 is 4.90 Å². The molecule has 156 valence electrons. The van der Waals surface area contributed by atoms with Crippen molar-refractivity contribution in [3.05, 3.63) is 28.8 Å². The minimum Gasteiger partial charge on any atom is -0.295 e. The maximum Gasteiger partial charge on any atom is 0.179 e. The average Bonchev–Trinajstić information content (AvgIpc) is 2.99. The Morgan fingerprint density at radius 1 is 1.04 bits per heavy atom. The summed E-state index contributed by atoms with van der Waals surface area (Å²) in [5.74, 6) is 0.331. The summed E-state index contributed by atoms with van der Waals surface area (Å²) in [7, 11) is 0. The Hall–Kier alpha value is -1.58. The van der Waals surface area contributed by atoms with Crippen molar-refractivity contribution in [3.8, 4) is 0 Å². The molecule has 0 unspecified atom stereocenters. The molecule has 1 aromatic rings. The molecule has 1 aliphatic heterocycles. The first kappa shape index (κ1) is 22.7. The fourth-order valence-electron chi connectivity index (χ4n) is 5.15. The van der Waals surface area contributed by atoms with Crippen molar-refractivity contribution in [2.24, 2.45) is 5.41 Å². The molecule has 0 saturated carbocycles. The number of hydrogen-bond acceptors (Lipinski definition) is 2. The normalized spacial score (nSPS) is 15.5. The molecule has 2 rings (SSSR count). The van der Waals surface area contributed by atoms with E-state index in [0.717, 1.165) is 32.1 Å². The number of anilines is 1. The molecule has 1 aliphatic rings. The number of hydrogen-bond donors (Lipinski definition) is 0. The van der Waals surface area contributed by atoms with Crippen molar-refractivity contribution in [3.63, 3.8) is 0 Å². The van der Waals surface area contributed by atoms with Crippen molar-refractivity contribution >= 4 is 23.4 Å². The third-order valence-corrected chi connectivity index (χ3v) is 7.16. The first-order valence-electron chi connectivity index (χ1n) is 11.2. The van der Waals surface area contributed by atoms with Gasteiger partial charge in [0.15, 0.2) is 5.78 Å². The number of carbonyl (C=O) groups excluding carboxylic acids is 1. The van der Waals surface area contributed by atoms with Gasteiger partial charge in [0.2, 0.25) is 0 Å². The van der Waals surface area contributed by atoms with Crippen LogP contribution in [0.15, 0.2) is 12.1 Å². The topological polar surface area (TPSA) is 23.3 Å². The van der Waals surface area contributed by atoms with Gasteiger partial charge in [-0.2, -0.15) is 19.0 Å². The largest absolute Gasteiger partial charge is 0.295 e. The number of nitrogens with zero attached hydrogens (tertiary/aromatic N) is 2. The first-order chi connectivity index (χ1) is 13.0. The van der Waals surface area contributed by atoms with Crippen LogP contribution in [0.25, 0.3) is 0 Å². The molecule has 0 N–H and O–H groups in total. The summed E-state index contributed by atoms with van der Waals surface area (Å²) < 4.78 is 2.42. The molecule has 0 aromatic heterocycles. The second-order valence-corrected chi connectivity index (χ2v) is 10.1. The minimum absolute atomic E-state index is 0.297. The molecule has 0 amide bonds. The predicted octanol–water partition coefficient (Wildman–Crippen LogP) is 5.51. The van der Waals surface area contributed by atoms with Gasteiger partial charge in [0.25, 0.3) is 0 Å². The Morgan fingerprint density at radius 2 is 1.54 bits per heavy atom. The van der Waals surface area contributed by atoms with Gasteiger partial charge in [-0.3, -0.25) is 14.3 Å². The van der Waals surface area contributed by atoms with Crippen LogP contribution in [-0.2, 0) is 4.79 Å². The maximum atomic E-state index is 12.9. The SMILES string of the molecule is CC[B-](CC)(CC)C1=[N+](CC(=O)C(C)(C)C)CCN1c1c(C)cc(C)cc1C. The summed E-state index contributed by atoms with van der Waals surface area (Å²) >= 11 is 0. The Labute approximate surface area is 173 Å². The molecule has 0 atom stereocenters. The van der Waals surface area contributed by atoms with Gasteiger partial charge in [0, 0.05) is 5.41 Å². The van der Waals surface area contributed by atoms with Gasteiger partial charge >= 0.3 is 0 Å². The third-order valence-electron chi connectivity index (χ3n) is 7.16. The van der Waals surface area contributed by atoms with Crippen LogP contribution >= 0.6 is 0 Å². The van der Waals surface area contributed by atoms with E-state index in [0.29, 0.717) is 12.3 Å². The quantitative estimate of drug-likeness (QED) is 0.457. The van der Waals surface area contributed by atoms with Crippen LogP contribution in [0.3, 0.4) is 0 Å². The van der Waals surface area contributed by atoms with Gasteiger partial charge in [0.05, 0.1) is 5.73 Å². The fourth-order valence-corrected chi connectivity index (χ4v) is 5.15. The minimum atomic E-state index is -0.688. The zero-order chi connectivity index (χ0) is 21.3. The standard InChI is InChI=1S/C24H41BN2O/c1-10-25(11-2,12-3)23-26(17-21(28)24(7,8)9)13-14-27(23)22-19(5)15-18(4)16-20(22)6/h15-16H,10-14,17H2,1-9H3. The monoisotopic (exact) mass is 384 g/mol. The van der Waals surface area contributed by atoms with Crippen molar-refractivity contribution in [1.29, 1.82) is 0 Å². The molecule has 0 aliphatic carbocycles. The van der Waals surface area contributed by atoms with E-state index >= 15 is 0 Å². The number of Topliss-reactive ketones (excluding diaryl/α,β-unsaturated/α-hetero) is 1. The van der Waals surface area contributed by atoms with Crippen molar-refractivity contribution < 1.29 is 9.37 Å². The smallest absolute Gasteiger partial charge is 0.179 e. The number of carbonyl (C=O) groups is 1. The highest BCUT2D eigenvalue weighted by molar-refractivity contribution is 7.07. The molecule has 0 radical (unpaired) electrons. The molecule has 1 aromatic carbocycles. The zero-order valence-corrected chi connectivity index (χ0v) is 19.8. The first-order valence-corrected chi connectivity index (χ1v) is 11.2. The Balaban J connectivity index is 2.66. The van der Waals surface area contributed by atoms with Gasteiger partial charge in [0.1, 0.15) is 31.5 Å². The molecule has 0 spiro atoms. The number of benzene rings is 1. The van der Waals surface area contributed by atoms with Crippen LogP contribution in [0.1, 0.15) is 58.2 Å². The maximum absolute atomic E-state index is 12.9. The lowest BCUT2D eigenvalue weighted by Gasteiger charge is -2.38. The van der Waals surface area contributed by atoms with Gasteiger partial charge in [-0.1, -0.05) is 59.2 Å². The van der Waals surface area contributed by atoms with Gasteiger partial charge < -0.3 is 0 Å². The highest BCUT2D eigenvalue weighted by atomic mass is 16.1. The highest BCUT2D eigenvalue weighted by Crippen LogP contribution is 2.34. The summed E-state index contributed by atoms with van der Waals surface area (Å²) in [5, 5.41) is 0. The molecule has 28 heavy (non-hydrogen) atoms. The number of amidine groups is 1. The number of rotatable bonds is 7. The average molecular weight is 384 g/mol. The van der Waals surface area contributed by atoms with Crippen LogP contribution in [-0.4, -0.2) is 41.9 Å². The van der Waals surface area contributed by atoms with E-state index in [1.54, 1.807) is 0 Å². The lowest BCUT2D eigenvalue weighted by molar-refractivity contribution is -0.505. The molecule has 1 heterocycles. The predicted molar refractivity (Wildman–Crippen MR) is 125 cm³/mol. The zero-order valence-electron chi connectivity index (χ0n) is 19.8. The van der Waals surface area contributed by atoms with E-state index in [1.165, 1.54) is 28.1 Å². The second kappa shape index (κ2) is 8.43. The van der Waals surface area contributed by atoms with Crippen LogP contribution in [0.5, 0.6) is 0 Å². The van der Waals surface area contributed by atoms with E-state index in [4.69, 9.17) is 0 Å². The Morgan fingerprint density at radius 3 is 1.96 bits per heavy atom. The van der Waals surface area contributed by atoms with Crippen LogP contribution in [0.4, 0.5) is 5.69 Å².